The van der Waals surface area contributed by atoms with Gasteiger partial charge in [0.15, 0.2) is 0 Å². The van der Waals surface area contributed by atoms with Gasteiger partial charge in [-0.25, -0.2) is 14.8 Å². The first-order chi connectivity index (χ1) is 13.1. The molecule has 0 spiro atoms. The Morgan fingerprint density at radius 3 is 2.78 bits per heavy atom. The molecule has 2 atom stereocenters. The molecular formula is C21H21FN4O. The summed E-state index contributed by atoms with van der Waals surface area (Å²) >= 11 is 0. The van der Waals surface area contributed by atoms with Crippen LogP contribution in [0.5, 0.6) is 0 Å². The second-order valence-corrected chi connectivity index (χ2v) is 6.87. The Morgan fingerprint density at radius 1 is 1.15 bits per heavy atom. The number of aromatic nitrogens is 1. The Bertz CT molecular complexity index is 963. The molecule has 1 saturated heterocycles. The molecule has 0 radical (unpaired) electrons. The molecule has 2 heterocycles. The second kappa shape index (κ2) is 7.42. The van der Waals surface area contributed by atoms with Crippen LogP contribution in [0.15, 0.2) is 60.7 Å². The van der Waals surface area contributed by atoms with Crippen LogP contribution >= 0.6 is 0 Å². The van der Waals surface area contributed by atoms with E-state index < -0.39 is 5.82 Å². The maximum Gasteiger partial charge on any atom is 0.272 e. The number of hydrazine groups is 1. The van der Waals surface area contributed by atoms with Gasteiger partial charge in [0.05, 0.1) is 6.04 Å². The van der Waals surface area contributed by atoms with E-state index in [1.165, 1.54) is 11.6 Å². The third-order valence-corrected chi connectivity index (χ3v) is 5.00. The predicted octanol–water partition coefficient (Wildman–Crippen LogP) is 2.91. The number of benzene rings is 2. The van der Waals surface area contributed by atoms with E-state index in [0.29, 0.717) is 11.9 Å². The number of fused-ring (bicyclic) bond motifs is 1. The highest BCUT2D eigenvalue weighted by Crippen LogP contribution is 2.25. The lowest BCUT2D eigenvalue weighted by molar-refractivity contribution is 0.0766. The lowest BCUT2D eigenvalue weighted by Crippen LogP contribution is -2.35. The van der Waals surface area contributed by atoms with E-state index >= 15 is 0 Å². The van der Waals surface area contributed by atoms with Crippen LogP contribution in [0.2, 0.25) is 0 Å². The van der Waals surface area contributed by atoms with Crippen LogP contribution < -0.4 is 10.9 Å². The summed E-state index contributed by atoms with van der Waals surface area (Å²) in [6, 6.07) is 18.4. The molecule has 0 bridgehead atoms. The normalized spacial score (nSPS) is 19.3. The summed E-state index contributed by atoms with van der Waals surface area (Å²) in [6.45, 7) is 1.33. The SMILES string of the molecule is CN(CC1CNNC1c1ccccc1)C(=O)c1ccc2cccc(F)c2n1. The smallest absolute Gasteiger partial charge is 0.272 e. The third kappa shape index (κ3) is 3.54. The van der Waals surface area contributed by atoms with Gasteiger partial charge in [0.25, 0.3) is 5.91 Å². The van der Waals surface area contributed by atoms with Crippen LogP contribution in [-0.4, -0.2) is 35.9 Å². The van der Waals surface area contributed by atoms with E-state index in [1.807, 2.05) is 18.2 Å². The molecule has 1 amide bonds. The van der Waals surface area contributed by atoms with Gasteiger partial charge in [-0.1, -0.05) is 48.5 Å². The number of para-hydroxylation sites is 1. The average molecular weight is 364 g/mol. The monoisotopic (exact) mass is 364 g/mol. The fraction of sp³-hybridized carbons (Fsp3) is 0.238. The van der Waals surface area contributed by atoms with Crippen molar-refractivity contribution in [2.45, 2.75) is 6.04 Å². The van der Waals surface area contributed by atoms with Gasteiger partial charge >= 0.3 is 0 Å². The molecule has 2 aromatic carbocycles. The molecule has 0 aliphatic carbocycles. The maximum absolute atomic E-state index is 14.0. The third-order valence-electron chi connectivity index (χ3n) is 5.00. The first-order valence-electron chi connectivity index (χ1n) is 8.97. The van der Waals surface area contributed by atoms with Gasteiger partial charge in [0, 0.05) is 31.4 Å². The Hall–Kier alpha value is -2.83. The molecule has 1 fully saturated rings. The predicted molar refractivity (Wildman–Crippen MR) is 102 cm³/mol. The van der Waals surface area contributed by atoms with Crippen molar-refractivity contribution in [3.63, 3.8) is 0 Å². The standard InChI is InChI=1S/C21H21FN4O/c1-26(13-16-12-23-25-19(16)14-6-3-2-4-7-14)21(27)18-11-10-15-8-5-9-17(22)20(15)24-18/h2-11,16,19,23,25H,12-13H2,1H3. The van der Waals surface area contributed by atoms with Crippen molar-refractivity contribution in [3.05, 3.63) is 77.7 Å². The van der Waals surface area contributed by atoms with E-state index in [2.05, 4.69) is 28.0 Å². The maximum atomic E-state index is 14.0. The van der Waals surface area contributed by atoms with Gasteiger partial charge in [-0.3, -0.25) is 10.2 Å². The van der Waals surface area contributed by atoms with Crippen molar-refractivity contribution in [2.75, 3.05) is 20.1 Å². The van der Waals surface area contributed by atoms with Crippen LogP contribution in [0.4, 0.5) is 4.39 Å². The number of hydrogen-bond donors (Lipinski definition) is 2. The molecule has 1 aliphatic rings. The van der Waals surface area contributed by atoms with Crippen molar-refractivity contribution in [2.24, 2.45) is 5.92 Å². The number of pyridine rings is 1. The molecule has 0 saturated carbocycles. The Morgan fingerprint density at radius 2 is 1.96 bits per heavy atom. The molecule has 1 aliphatic heterocycles. The first kappa shape index (κ1) is 17.6. The van der Waals surface area contributed by atoms with Crippen molar-refractivity contribution < 1.29 is 9.18 Å². The van der Waals surface area contributed by atoms with Crippen molar-refractivity contribution >= 4 is 16.8 Å². The van der Waals surface area contributed by atoms with Crippen LogP contribution in [0, 0.1) is 11.7 Å². The van der Waals surface area contributed by atoms with Gasteiger partial charge in [-0.15, -0.1) is 0 Å². The van der Waals surface area contributed by atoms with Gasteiger partial charge in [-0.05, 0) is 17.7 Å². The summed E-state index contributed by atoms with van der Waals surface area (Å²) in [5.41, 5.74) is 8.13. The van der Waals surface area contributed by atoms with Gasteiger partial charge in [0.2, 0.25) is 0 Å². The molecule has 138 valence electrons. The molecule has 3 aromatic rings. The Balaban J connectivity index is 1.52. The van der Waals surface area contributed by atoms with Gasteiger partial charge in [0.1, 0.15) is 17.0 Å². The molecule has 2 unspecified atom stereocenters. The molecule has 4 rings (SSSR count). The molecule has 27 heavy (non-hydrogen) atoms. The lowest BCUT2D eigenvalue weighted by atomic mass is 9.94. The zero-order valence-corrected chi connectivity index (χ0v) is 15.0. The van der Waals surface area contributed by atoms with E-state index in [-0.39, 0.29) is 29.1 Å². The van der Waals surface area contributed by atoms with E-state index in [0.717, 1.165) is 6.54 Å². The van der Waals surface area contributed by atoms with Crippen molar-refractivity contribution in [1.82, 2.24) is 20.7 Å². The summed E-state index contributed by atoms with van der Waals surface area (Å²) < 4.78 is 14.0. The minimum atomic E-state index is -0.418. The van der Waals surface area contributed by atoms with Gasteiger partial charge in [-0.2, -0.15) is 0 Å². The Kier molecular flexibility index (Phi) is 4.83. The van der Waals surface area contributed by atoms with Crippen molar-refractivity contribution in [3.8, 4) is 0 Å². The number of halogens is 1. The highest BCUT2D eigenvalue weighted by molar-refractivity contribution is 5.94. The number of rotatable bonds is 4. The molecule has 1 aromatic heterocycles. The number of carbonyl (C=O) groups is 1. The minimum Gasteiger partial charge on any atom is -0.340 e. The van der Waals surface area contributed by atoms with Crippen LogP contribution in [0.3, 0.4) is 0 Å². The largest absolute Gasteiger partial charge is 0.340 e. The highest BCUT2D eigenvalue weighted by atomic mass is 19.1. The zero-order chi connectivity index (χ0) is 18.8. The zero-order valence-electron chi connectivity index (χ0n) is 15.0. The minimum absolute atomic E-state index is 0.128. The topological polar surface area (TPSA) is 57.3 Å². The summed E-state index contributed by atoms with van der Waals surface area (Å²) in [5, 5.41) is 0.683. The van der Waals surface area contributed by atoms with Crippen LogP contribution in [0.25, 0.3) is 10.9 Å². The molecular weight excluding hydrogens is 343 g/mol. The fourth-order valence-electron chi connectivity index (χ4n) is 3.58. The number of nitrogens with one attached hydrogen (secondary N) is 2. The summed E-state index contributed by atoms with van der Waals surface area (Å²) in [6.07, 6.45) is 0. The van der Waals surface area contributed by atoms with Gasteiger partial charge < -0.3 is 4.90 Å². The number of carbonyl (C=O) groups excluding carboxylic acids is 1. The molecule has 2 N–H and O–H groups in total. The number of hydrogen-bond acceptors (Lipinski definition) is 4. The van der Waals surface area contributed by atoms with Crippen LogP contribution in [0.1, 0.15) is 22.1 Å². The number of nitrogens with zero attached hydrogens (tertiary/aromatic N) is 2. The van der Waals surface area contributed by atoms with E-state index in [9.17, 15) is 9.18 Å². The first-order valence-corrected chi connectivity index (χ1v) is 8.97. The quantitative estimate of drug-likeness (QED) is 0.747. The Labute approximate surface area is 157 Å². The average Bonchev–Trinajstić information content (AvgIpc) is 3.16. The summed E-state index contributed by atoms with van der Waals surface area (Å²) in [4.78, 5) is 18.7. The number of amides is 1. The highest BCUT2D eigenvalue weighted by Gasteiger charge is 2.30. The van der Waals surface area contributed by atoms with Crippen molar-refractivity contribution in [1.29, 1.82) is 0 Å². The van der Waals surface area contributed by atoms with E-state index in [4.69, 9.17) is 0 Å². The second-order valence-electron chi connectivity index (χ2n) is 6.87. The fourth-order valence-corrected chi connectivity index (χ4v) is 3.58. The summed E-state index contributed by atoms with van der Waals surface area (Å²) in [7, 11) is 1.76. The lowest BCUT2D eigenvalue weighted by Gasteiger charge is -2.25. The molecule has 5 nitrogen and oxygen atoms in total. The van der Waals surface area contributed by atoms with Crippen LogP contribution in [-0.2, 0) is 0 Å². The summed E-state index contributed by atoms with van der Waals surface area (Å²) in [5.74, 6) is -0.407. The van der Waals surface area contributed by atoms with E-state index in [1.54, 1.807) is 36.2 Å². The molecule has 6 heteroatoms.